The van der Waals surface area contributed by atoms with Gasteiger partial charge in [0.05, 0.1) is 24.9 Å². The quantitative estimate of drug-likeness (QED) is 0.842. The molecule has 1 aromatic carbocycles. The van der Waals surface area contributed by atoms with E-state index in [1.54, 1.807) is 12.1 Å². The summed E-state index contributed by atoms with van der Waals surface area (Å²) in [6, 6.07) is 2.49. The van der Waals surface area contributed by atoms with Gasteiger partial charge in [0.15, 0.2) is 0 Å². The molecule has 6 heteroatoms. The molecular formula is C13H18ClNO4. The Morgan fingerprint density at radius 2 is 1.84 bits per heavy atom. The summed E-state index contributed by atoms with van der Waals surface area (Å²) in [6.45, 7) is 3.65. The van der Waals surface area contributed by atoms with Crippen molar-refractivity contribution < 1.29 is 19.4 Å². The molecule has 0 saturated carbocycles. The highest BCUT2D eigenvalue weighted by molar-refractivity contribution is 6.32. The molecule has 1 aromatic rings. The van der Waals surface area contributed by atoms with Crippen LogP contribution in [0.2, 0.25) is 5.02 Å². The Morgan fingerprint density at radius 1 is 1.26 bits per heavy atom. The Morgan fingerprint density at radius 3 is 2.26 bits per heavy atom. The molecule has 2 N–H and O–H groups in total. The third kappa shape index (κ3) is 3.67. The molecule has 0 radical (unpaired) electrons. The van der Waals surface area contributed by atoms with E-state index in [2.05, 4.69) is 5.32 Å². The summed E-state index contributed by atoms with van der Waals surface area (Å²) in [7, 11) is 3.00. The van der Waals surface area contributed by atoms with E-state index in [-0.39, 0.29) is 5.92 Å². The van der Waals surface area contributed by atoms with Crippen LogP contribution in [0.15, 0.2) is 12.1 Å². The summed E-state index contributed by atoms with van der Waals surface area (Å²) >= 11 is 6.03. The zero-order chi connectivity index (χ0) is 14.6. The van der Waals surface area contributed by atoms with Crippen molar-refractivity contribution in [2.45, 2.75) is 19.9 Å². The summed E-state index contributed by atoms with van der Waals surface area (Å²) in [5.41, 5.74) is 0.523. The van der Waals surface area contributed by atoms with Crippen molar-refractivity contribution in [3.05, 3.63) is 17.2 Å². The zero-order valence-corrected chi connectivity index (χ0v) is 12.1. The Kier molecular flexibility index (Phi) is 5.30. The van der Waals surface area contributed by atoms with Gasteiger partial charge in [-0.05, 0) is 12.0 Å². The number of ether oxygens (including phenoxy) is 2. The average Bonchev–Trinajstić information content (AvgIpc) is 2.35. The fourth-order valence-electron chi connectivity index (χ4n) is 1.65. The van der Waals surface area contributed by atoms with Gasteiger partial charge in [0.25, 0.3) is 0 Å². The van der Waals surface area contributed by atoms with Crippen LogP contribution in [0.5, 0.6) is 11.5 Å². The van der Waals surface area contributed by atoms with Gasteiger partial charge in [0.2, 0.25) is 0 Å². The van der Waals surface area contributed by atoms with Crippen molar-refractivity contribution in [1.82, 2.24) is 0 Å². The molecule has 1 atom stereocenters. The number of hydrogen-bond acceptors (Lipinski definition) is 4. The van der Waals surface area contributed by atoms with Gasteiger partial charge in [0.1, 0.15) is 17.5 Å². The minimum Gasteiger partial charge on any atom is -0.495 e. The molecular weight excluding hydrogens is 270 g/mol. The number of halogens is 1. The largest absolute Gasteiger partial charge is 0.495 e. The van der Waals surface area contributed by atoms with E-state index >= 15 is 0 Å². The maximum Gasteiger partial charge on any atom is 0.326 e. The monoisotopic (exact) mass is 287 g/mol. The van der Waals surface area contributed by atoms with Gasteiger partial charge >= 0.3 is 5.97 Å². The lowest BCUT2D eigenvalue weighted by atomic mass is 10.0. The Balaban J connectivity index is 3.12. The summed E-state index contributed by atoms with van der Waals surface area (Å²) in [5.74, 6) is -0.0549. The second kappa shape index (κ2) is 6.52. The third-order valence-electron chi connectivity index (χ3n) is 2.72. The molecule has 0 aliphatic carbocycles. The van der Waals surface area contributed by atoms with E-state index in [1.807, 2.05) is 13.8 Å². The fraction of sp³-hybridized carbons (Fsp3) is 0.462. The van der Waals surface area contributed by atoms with E-state index in [9.17, 15) is 9.90 Å². The van der Waals surface area contributed by atoms with Crippen LogP contribution in [0, 0.1) is 5.92 Å². The van der Waals surface area contributed by atoms with Crippen molar-refractivity contribution in [2.24, 2.45) is 5.92 Å². The maximum atomic E-state index is 11.2. The topological polar surface area (TPSA) is 67.8 Å². The molecule has 106 valence electrons. The molecule has 1 rings (SSSR count). The summed E-state index contributed by atoms with van der Waals surface area (Å²) in [5, 5.41) is 12.5. The SMILES string of the molecule is COc1cc(OC)c(NC(C(=O)O)C(C)C)cc1Cl. The zero-order valence-electron chi connectivity index (χ0n) is 11.4. The first-order chi connectivity index (χ1) is 8.90. The third-order valence-corrected chi connectivity index (χ3v) is 3.01. The van der Waals surface area contributed by atoms with E-state index in [0.29, 0.717) is 22.2 Å². The van der Waals surface area contributed by atoms with Crippen molar-refractivity contribution >= 4 is 23.3 Å². The number of carboxylic acid groups (broad SMARTS) is 1. The highest BCUT2D eigenvalue weighted by atomic mass is 35.5. The van der Waals surface area contributed by atoms with Crippen LogP contribution in [-0.2, 0) is 4.79 Å². The average molecular weight is 288 g/mol. The molecule has 0 aliphatic heterocycles. The highest BCUT2D eigenvalue weighted by Gasteiger charge is 2.23. The molecule has 0 heterocycles. The predicted molar refractivity (Wildman–Crippen MR) is 74.4 cm³/mol. The lowest BCUT2D eigenvalue weighted by Crippen LogP contribution is -2.34. The van der Waals surface area contributed by atoms with Crippen molar-refractivity contribution in [3.63, 3.8) is 0 Å². The van der Waals surface area contributed by atoms with E-state index in [4.69, 9.17) is 21.1 Å². The minimum atomic E-state index is -0.927. The van der Waals surface area contributed by atoms with Crippen molar-refractivity contribution in [1.29, 1.82) is 0 Å². The number of carbonyl (C=O) groups is 1. The predicted octanol–water partition coefficient (Wildman–Crippen LogP) is 2.88. The normalized spacial score (nSPS) is 12.1. The molecule has 0 aromatic heterocycles. The van der Waals surface area contributed by atoms with Crippen molar-refractivity contribution in [3.8, 4) is 11.5 Å². The van der Waals surface area contributed by atoms with Gasteiger partial charge in [-0.2, -0.15) is 0 Å². The molecule has 0 saturated heterocycles. The maximum absolute atomic E-state index is 11.2. The fourth-order valence-corrected chi connectivity index (χ4v) is 1.89. The van der Waals surface area contributed by atoms with Crippen LogP contribution in [-0.4, -0.2) is 31.3 Å². The number of carboxylic acids is 1. The van der Waals surface area contributed by atoms with Crippen LogP contribution in [0.1, 0.15) is 13.8 Å². The lowest BCUT2D eigenvalue weighted by molar-refractivity contribution is -0.138. The number of benzene rings is 1. The van der Waals surface area contributed by atoms with E-state index < -0.39 is 12.0 Å². The highest BCUT2D eigenvalue weighted by Crippen LogP contribution is 2.36. The smallest absolute Gasteiger partial charge is 0.326 e. The first kappa shape index (κ1) is 15.4. The number of anilines is 1. The van der Waals surface area contributed by atoms with E-state index in [0.717, 1.165) is 0 Å². The lowest BCUT2D eigenvalue weighted by Gasteiger charge is -2.21. The first-order valence-corrected chi connectivity index (χ1v) is 6.19. The molecule has 0 spiro atoms. The first-order valence-electron chi connectivity index (χ1n) is 5.81. The van der Waals surface area contributed by atoms with Crippen LogP contribution in [0.25, 0.3) is 0 Å². The van der Waals surface area contributed by atoms with Crippen LogP contribution < -0.4 is 14.8 Å². The standard InChI is InChI=1S/C13H18ClNO4/c1-7(2)12(13(16)17)15-9-5-8(14)10(18-3)6-11(9)19-4/h5-7,12,15H,1-4H3,(H,16,17). The van der Waals surface area contributed by atoms with Crippen LogP contribution in [0.4, 0.5) is 5.69 Å². The van der Waals surface area contributed by atoms with Gasteiger partial charge in [0, 0.05) is 6.07 Å². The molecule has 19 heavy (non-hydrogen) atoms. The minimum absolute atomic E-state index is 0.0805. The number of hydrogen-bond donors (Lipinski definition) is 2. The molecule has 0 bridgehead atoms. The second-order valence-electron chi connectivity index (χ2n) is 4.39. The van der Waals surface area contributed by atoms with Gasteiger partial charge in [-0.1, -0.05) is 25.4 Å². The summed E-state index contributed by atoms with van der Waals surface area (Å²) < 4.78 is 10.3. The molecule has 0 aliphatic rings. The van der Waals surface area contributed by atoms with Crippen molar-refractivity contribution in [2.75, 3.05) is 19.5 Å². The van der Waals surface area contributed by atoms with E-state index in [1.165, 1.54) is 14.2 Å². The molecule has 1 unspecified atom stereocenters. The van der Waals surface area contributed by atoms with Gasteiger partial charge in [-0.25, -0.2) is 4.79 Å². The second-order valence-corrected chi connectivity index (χ2v) is 4.80. The summed E-state index contributed by atoms with van der Waals surface area (Å²) in [6.07, 6.45) is 0. The van der Waals surface area contributed by atoms with Crippen LogP contribution >= 0.6 is 11.6 Å². The van der Waals surface area contributed by atoms with Gasteiger partial charge < -0.3 is 19.9 Å². The summed E-state index contributed by atoms with van der Waals surface area (Å²) in [4.78, 5) is 11.2. The Labute approximate surface area is 117 Å². The molecule has 0 fully saturated rings. The number of aliphatic carboxylic acids is 1. The van der Waals surface area contributed by atoms with Gasteiger partial charge in [-0.3, -0.25) is 0 Å². The number of rotatable bonds is 6. The number of methoxy groups -OCH3 is 2. The van der Waals surface area contributed by atoms with Gasteiger partial charge in [-0.15, -0.1) is 0 Å². The molecule has 5 nitrogen and oxygen atoms in total. The number of nitrogens with one attached hydrogen (secondary N) is 1. The Hall–Kier alpha value is -1.62. The van der Waals surface area contributed by atoms with Crippen LogP contribution in [0.3, 0.4) is 0 Å². The Bertz CT molecular complexity index is 462. The molecule has 0 amide bonds.